The average Bonchev–Trinajstić information content (AvgIpc) is 2.87. The number of rotatable bonds is 6. The highest BCUT2D eigenvalue weighted by Gasteiger charge is 2.26. The molecule has 1 fully saturated rings. The van der Waals surface area contributed by atoms with Gasteiger partial charge in [0.15, 0.2) is 0 Å². The molecule has 3 N–H and O–H groups in total. The molecule has 1 aliphatic rings. The van der Waals surface area contributed by atoms with Crippen molar-refractivity contribution in [2.75, 3.05) is 6.61 Å². The van der Waals surface area contributed by atoms with Gasteiger partial charge in [-0.3, -0.25) is 5.32 Å². The van der Waals surface area contributed by atoms with Gasteiger partial charge in [0.25, 0.3) is 0 Å². The van der Waals surface area contributed by atoms with Gasteiger partial charge in [-0.1, -0.05) is 48.9 Å². The summed E-state index contributed by atoms with van der Waals surface area (Å²) in [6.45, 7) is 2.91. The molecule has 0 aliphatic carbocycles. The summed E-state index contributed by atoms with van der Waals surface area (Å²) in [6.07, 6.45) is 2.99. The van der Waals surface area contributed by atoms with Crippen LogP contribution in [0.25, 0.3) is 0 Å². The maximum Gasteiger partial charge on any atom is 0.226 e. The van der Waals surface area contributed by atoms with Gasteiger partial charge in [0, 0.05) is 6.04 Å². The van der Waals surface area contributed by atoms with Crippen LogP contribution in [0.4, 0.5) is 0 Å². The fourth-order valence-electron chi connectivity index (χ4n) is 2.51. The van der Waals surface area contributed by atoms with Crippen molar-refractivity contribution in [2.24, 2.45) is 22.1 Å². The number of ether oxygens (including phenoxy) is 1. The Bertz CT molecular complexity index is 396. The van der Waals surface area contributed by atoms with Gasteiger partial charge < -0.3 is 10.6 Å². The summed E-state index contributed by atoms with van der Waals surface area (Å²) >= 11 is 0. The molecule has 0 spiro atoms. The largest absolute Gasteiger partial charge is 0.341 e. The van der Waals surface area contributed by atoms with E-state index in [-0.39, 0.29) is 6.35 Å². The molecular formula is C14H22N4O. The SMILES string of the molecule is CCC(Cc1ccccc1)C[C@H]1COC(N=NN)N1. The molecule has 0 radical (unpaired) electrons. The zero-order valence-corrected chi connectivity index (χ0v) is 11.3. The first-order valence-electron chi connectivity index (χ1n) is 6.83. The van der Waals surface area contributed by atoms with Crippen LogP contribution >= 0.6 is 0 Å². The summed E-state index contributed by atoms with van der Waals surface area (Å²) in [5.41, 5.74) is 1.39. The molecule has 2 unspecified atom stereocenters. The standard InChI is InChI=1S/C14H22N4O/c1-2-11(8-12-6-4-3-5-7-12)9-13-10-19-14(16-13)17-18-15/h3-7,11,13-14,16H,2,8-10H2,1H3,(H2,15,17)/t11?,13-,14?/m0/s1. The lowest BCUT2D eigenvalue weighted by Crippen LogP contribution is -2.31. The van der Waals surface area contributed by atoms with Crippen molar-refractivity contribution in [2.45, 2.75) is 38.6 Å². The van der Waals surface area contributed by atoms with E-state index >= 15 is 0 Å². The van der Waals surface area contributed by atoms with Crippen LogP contribution < -0.4 is 11.2 Å². The Morgan fingerprint density at radius 2 is 2.21 bits per heavy atom. The minimum atomic E-state index is -0.371. The summed E-state index contributed by atoms with van der Waals surface area (Å²) in [7, 11) is 0. The van der Waals surface area contributed by atoms with Crippen LogP contribution in [-0.4, -0.2) is 19.0 Å². The Morgan fingerprint density at radius 3 is 2.89 bits per heavy atom. The molecule has 5 nitrogen and oxygen atoms in total. The maximum atomic E-state index is 5.45. The number of hydrogen-bond acceptors (Lipinski definition) is 4. The number of nitrogens with one attached hydrogen (secondary N) is 1. The highest BCUT2D eigenvalue weighted by atomic mass is 16.5. The summed E-state index contributed by atoms with van der Waals surface area (Å²) in [5, 5.41) is 10.3. The average molecular weight is 262 g/mol. The predicted molar refractivity (Wildman–Crippen MR) is 74.3 cm³/mol. The number of benzene rings is 1. The van der Waals surface area contributed by atoms with Crippen LogP contribution in [0.1, 0.15) is 25.3 Å². The van der Waals surface area contributed by atoms with Crippen molar-refractivity contribution in [1.29, 1.82) is 0 Å². The lowest BCUT2D eigenvalue weighted by atomic mass is 9.91. The van der Waals surface area contributed by atoms with E-state index in [1.54, 1.807) is 0 Å². The van der Waals surface area contributed by atoms with Gasteiger partial charge in [-0.05, 0) is 24.3 Å². The van der Waals surface area contributed by atoms with Crippen LogP contribution in [0.2, 0.25) is 0 Å². The first kappa shape index (κ1) is 14.0. The zero-order valence-electron chi connectivity index (χ0n) is 11.3. The van der Waals surface area contributed by atoms with Gasteiger partial charge in [-0.15, -0.1) is 5.11 Å². The molecule has 1 aliphatic heterocycles. The van der Waals surface area contributed by atoms with Crippen LogP contribution in [0.15, 0.2) is 40.7 Å². The first-order chi connectivity index (χ1) is 9.31. The first-order valence-corrected chi connectivity index (χ1v) is 6.83. The predicted octanol–water partition coefficient (Wildman–Crippen LogP) is 2.24. The zero-order chi connectivity index (χ0) is 13.5. The van der Waals surface area contributed by atoms with Gasteiger partial charge in [0.05, 0.1) is 6.61 Å². The quantitative estimate of drug-likeness (QED) is 0.469. The molecule has 0 saturated carbocycles. The highest BCUT2D eigenvalue weighted by Crippen LogP contribution is 2.20. The van der Waals surface area contributed by atoms with Crippen LogP contribution in [0.3, 0.4) is 0 Å². The molecule has 1 heterocycles. The summed E-state index contributed by atoms with van der Waals surface area (Å²) in [5.74, 6) is 5.67. The van der Waals surface area contributed by atoms with E-state index in [1.165, 1.54) is 5.56 Å². The number of nitrogens with two attached hydrogens (primary N) is 1. The van der Waals surface area contributed by atoms with Gasteiger partial charge in [0.1, 0.15) is 0 Å². The van der Waals surface area contributed by atoms with Gasteiger partial charge in [-0.25, -0.2) is 0 Å². The Morgan fingerprint density at radius 1 is 1.42 bits per heavy atom. The topological polar surface area (TPSA) is 72.0 Å². The molecule has 0 aromatic heterocycles. The van der Waals surface area contributed by atoms with Crippen molar-refractivity contribution in [1.82, 2.24) is 5.32 Å². The summed E-state index contributed by atoms with van der Waals surface area (Å²) in [4.78, 5) is 0. The molecule has 1 saturated heterocycles. The monoisotopic (exact) mass is 262 g/mol. The normalized spacial score (nSPS) is 24.9. The van der Waals surface area contributed by atoms with Crippen LogP contribution in [0.5, 0.6) is 0 Å². The Kier molecular flexibility index (Phi) is 5.30. The lowest BCUT2D eigenvalue weighted by Gasteiger charge is -2.18. The Balaban J connectivity index is 1.83. The second kappa shape index (κ2) is 7.21. The highest BCUT2D eigenvalue weighted by molar-refractivity contribution is 5.15. The van der Waals surface area contributed by atoms with Crippen molar-refractivity contribution >= 4 is 0 Å². The van der Waals surface area contributed by atoms with E-state index in [9.17, 15) is 0 Å². The van der Waals surface area contributed by atoms with Crippen molar-refractivity contribution < 1.29 is 4.74 Å². The second-order valence-corrected chi connectivity index (χ2v) is 4.98. The van der Waals surface area contributed by atoms with Crippen molar-refractivity contribution in [3.8, 4) is 0 Å². The second-order valence-electron chi connectivity index (χ2n) is 4.98. The molecule has 5 heteroatoms. The minimum absolute atomic E-state index is 0.337. The van der Waals surface area contributed by atoms with Gasteiger partial charge >= 0.3 is 0 Å². The molecule has 3 atom stereocenters. The van der Waals surface area contributed by atoms with E-state index in [2.05, 4.69) is 52.9 Å². The lowest BCUT2D eigenvalue weighted by molar-refractivity contribution is 0.100. The molecule has 19 heavy (non-hydrogen) atoms. The molecule has 0 bridgehead atoms. The fourth-order valence-corrected chi connectivity index (χ4v) is 2.51. The molecule has 104 valence electrons. The van der Waals surface area contributed by atoms with Crippen molar-refractivity contribution in [3.63, 3.8) is 0 Å². The Hall–Kier alpha value is -1.46. The van der Waals surface area contributed by atoms with Gasteiger partial charge in [-0.2, -0.15) is 0 Å². The molecular weight excluding hydrogens is 240 g/mol. The van der Waals surface area contributed by atoms with E-state index in [0.29, 0.717) is 18.6 Å². The van der Waals surface area contributed by atoms with E-state index in [0.717, 1.165) is 19.3 Å². The number of hydrogen-bond donors (Lipinski definition) is 2. The maximum absolute atomic E-state index is 5.45. The van der Waals surface area contributed by atoms with Crippen molar-refractivity contribution in [3.05, 3.63) is 35.9 Å². The third kappa shape index (κ3) is 4.29. The van der Waals surface area contributed by atoms with E-state index in [1.807, 2.05) is 0 Å². The smallest absolute Gasteiger partial charge is 0.226 e. The summed E-state index contributed by atoms with van der Waals surface area (Å²) in [6, 6.07) is 11.0. The van der Waals surface area contributed by atoms with Crippen LogP contribution in [0, 0.1) is 5.92 Å². The van der Waals surface area contributed by atoms with Gasteiger partial charge in [0.2, 0.25) is 6.35 Å². The number of nitrogens with zero attached hydrogens (tertiary/aromatic N) is 2. The molecule has 2 rings (SSSR count). The minimum Gasteiger partial charge on any atom is -0.341 e. The molecule has 1 aromatic carbocycles. The molecule has 1 aromatic rings. The van der Waals surface area contributed by atoms with Crippen LogP contribution in [-0.2, 0) is 11.2 Å². The summed E-state index contributed by atoms with van der Waals surface area (Å²) < 4.78 is 5.45. The third-order valence-corrected chi connectivity index (χ3v) is 3.57. The Labute approximate surface area is 114 Å². The molecule has 0 amide bonds. The fraction of sp³-hybridized carbons (Fsp3) is 0.571. The van der Waals surface area contributed by atoms with E-state index in [4.69, 9.17) is 10.6 Å². The third-order valence-electron chi connectivity index (χ3n) is 3.57. The van der Waals surface area contributed by atoms with E-state index < -0.39 is 0 Å².